The Hall–Kier alpha value is -2.33. The number of carbonyl (C=O) groups is 1. The standard InChI is InChI=1S/C16H17NO3/c17-14(10-16(18)19)13-8-4-5-9-15(13)20-11-12-6-2-1-3-7-12/h1-9,14H,10-11,17H2,(H,18,19)/t14-/m0/s1. The van der Waals surface area contributed by atoms with Crippen molar-refractivity contribution in [2.24, 2.45) is 5.73 Å². The van der Waals surface area contributed by atoms with Crippen LogP contribution in [0.5, 0.6) is 5.75 Å². The Morgan fingerprint density at radius 2 is 1.75 bits per heavy atom. The lowest BCUT2D eigenvalue weighted by Gasteiger charge is -2.15. The minimum Gasteiger partial charge on any atom is -0.489 e. The van der Waals surface area contributed by atoms with E-state index >= 15 is 0 Å². The van der Waals surface area contributed by atoms with Crippen molar-refractivity contribution in [2.75, 3.05) is 0 Å². The van der Waals surface area contributed by atoms with Crippen molar-refractivity contribution < 1.29 is 14.6 Å². The molecule has 0 aliphatic heterocycles. The number of hydrogen-bond donors (Lipinski definition) is 2. The van der Waals surface area contributed by atoms with Crippen LogP contribution < -0.4 is 10.5 Å². The van der Waals surface area contributed by atoms with Gasteiger partial charge in [0.25, 0.3) is 0 Å². The Balaban J connectivity index is 2.09. The van der Waals surface area contributed by atoms with E-state index in [9.17, 15) is 4.79 Å². The van der Waals surface area contributed by atoms with E-state index in [0.29, 0.717) is 17.9 Å². The van der Waals surface area contributed by atoms with Crippen molar-refractivity contribution in [3.8, 4) is 5.75 Å². The summed E-state index contributed by atoms with van der Waals surface area (Å²) in [5.74, 6) is -0.291. The molecule has 0 aromatic heterocycles. The zero-order valence-corrected chi connectivity index (χ0v) is 11.0. The molecular weight excluding hydrogens is 254 g/mol. The molecule has 0 aliphatic rings. The van der Waals surface area contributed by atoms with Crippen LogP contribution >= 0.6 is 0 Å². The molecule has 0 amide bonds. The maximum atomic E-state index is 10.8. The van der Waals surface area contributed by atoms with E-state index in [0.717, 1.165) is 5.56 Å². The summed E-state index contributed by atoms with van der Waals surface area (Å²) in [5, 5.41) is 8.82. The molecule has 2 aromatic rings. The second kappa shape index (κ2) is 6.73. The van der Waals surface area contributed by atoms with Crippen LogP contribution in [-0.2, 0) is 11.4 Å². The number of carboxylic acid groups (broad SMARTS) is 1. The van der Waals surface area contributed by atoms with Crippen LogP contribution in [0.1, 0.15) is 23.6 Å². The van der Waals surface area contributed by atoms with Crippen LogP contribution in [0.4, 0.5) is 0 Å². The van der Waals surface area contributed by atoms with Crippen LogP contribution in [0.15, 0.2) is 54.6 Å². The number of benzene rings is 2. The van der Waals surface area contributed by atoms with Gasteiger partial charge in [-0.15, -0.1) is 0 Å². The highest BCUT2D eigenvalue weighted by atomic mass is 16.5. The zero-order chi connectivity index (χ0) is 14.4. The average Bonchev–Trinajstić information content (AvgIpc) is 2.46. The molecule has 0 fully saturated rings. The molecule has 4 heteroatoms. The third kappa shape index (κ3) is 3.83. The highest BCUT2D eigenvalue weighted by molar-refractivity contribution is 5.68. The van der Waals surface area contributed by atoms with Gasteiger partial charge in [-0.05, 0) is 11.6 Å². The molecule has 0 aliphatic carbocycles. The topological polar surface area (TPSA) is 72.6 Å². The van der Waals surface area contributed by atoms with Gasteiger partial charge in [0.1, 0.15) is 12.4 Å². The SMILES string of the molecule is N[C@@H](CC(=O)O)c1ccccc1OCc1ccccc1. The Labute approximate surface area is 117 Å². The molecule has 0 bridgehead atoms. The van der Waals surface area contributed by atoms with Gasteiger partial charge in [0.15, 0.2) is 0 Å². The monoisotopic (exact) mass is 271 g/mol. The van der Waals surface area contributed by atoms with Gasteiger partial charge in [0, 0.05) is 11.6 Å². The lowest BCUT2D eigenvalue weighted by atomic mass is 10.0. The quantitative estimate of drug-likeness (QED) is 0.847. The van der Waals surface area contributed by atoms with Crippen molar-refractivity contribution in [1.82, 2.24) is 0 Å². The van der Waals surface area contributed by atoms with Crippen molar-refractivity contribution in [3.05, 3.63) is 65.7 Å². The minimum absolute atomic E-state index is 0.119. The fourth-order valence-corrected chi connectivity index (χ4v) is 1.95. The first kappa shape index (κ1) is 14.1. The van der Waals surface area contributed by atoms with Crippen molar-refractivity contribution >= 4 is 5.97 Å². The van der Waals surface area contributed by atoms with Crippen LogP contribution in [0, 0.1) is 0 Å². The normalized spacial score (nSPS) is 11.8. The molecule has 104 valence electrons. The molecule has 2 rings (SSSR count). The van der Waals surface area contributed by atoms with E-state index in [-0.39, 0.29) is 6.42 Å². The number of aliphatic carboxylic acids is 1. The third-order valence-electron chi connectivity index (χ3n) is 2.95. The molecule has 4 nitrogen and oxygen atoms in total. The van der Waals surface area contributed by atoms with E-state index in [4.69, 9.17) is 15.6 Å². The van der Waals surface area contributed by atoms with Crippen LogP contribution in [0.3, 0.4) is 0 Å². The molecule has 0 saturated carbocycles. The van der Waals surface area contributed by atoms with Gasteiger partial charge >= 0.3 is 5.97 Å². The lowest BCUT2D eigenvalue weighted by Crippen LogP contribution is -2.16. The molecule has 0 saturated heterocycles. The number of carboxylic acids is 1. The fraction of sp³-hybridized carbons (Fsp3) is 0.188. The van der Waals surface area contributed by atoms with Crippen molar-refractivity contribution in [3.63, 3.8) is 0 Å². The number of rotatable bonds is 6. The lowest BCUT2D eigenvalue weighted by molar-refractivity contribution is -0.137. The molecule has 2 aromatic carbocycles. The van der Waals surface area contributed by atoms with Crippen LogP contribution in [0.25, 0.3) is 0 Å². The van der Waals surface area contributed by atoms with E-state index in [1.807, 2.05) is 42.5 Å². The van der Waals surface area contributed by atoms with Gasteiger partial charge in [-0.3, -0.25) is 4.79 Å². The number of ether oxygens (including phenoxy) is 1. The highest BCUT2D eigenvalue weighted by Gasteiger charge is 2.15. The van der Waals surface area contributed by atoms with E-state index in [2.05, 4.69) is 0 Å². The van der Waals surface area contributed by atoms with E-state index in [1.165, 1.54) is 0 Å². The maximum Gasteiger partial charge on any atom is 0.305 e. The predicted octanol–water partition coefficient (Wildman–Crippen LogP) is 2.74. The van der Waals surface area contributed by atoms with Crippen molar-refractivity contribution in [1.29, 1.82) is 0 Å². The third-order valence-corrected chi connectivity index (χ3v) is 2.95. The molecule has 0 heterocycles. The Bertz CT molecular complexity index is 569. The summed E-state index contributed by atoms with van der Waals surface area (Å²) < 4.78 is 5.75. The summed E-state index contributed by atoms with van der Waals surface area (Å²) in [4.78, 5) is 10.8. The summed E-state index contributed by atoms with van der Waals surface area (Å²) >= 11 is 0. The largest absolute Gasteiger partial charge is 0.489 e. The van der Waals surface area contributed by atoms with Gasteiger partial charge in [0.2, 0.25) is 0 Å². The first-order chi connectivity index (χ1) is 9.66. The van der Waals surface area contributed by atoms with Gasteiger partial charge < -0.3 is 15.6 Å². The Kier molecular flexibility index (Phi) is 4.74. The fourth-order valence-electron chi connectivity index (χ4n) is 1.95. The summed E-state index contributed by atoms with van der Waals surface area (Å²) in [6, 6.07) is 16.5. The van der Waals surface area contributed by atoms with Crippen LogP contribution in [-0.4, -0.2) is 11.1 Å². The molecule has 3 N–H and O–H groups in total. The first-order valence-corrected chi connectivity index (χ1v) is 6.40. The van der Waals surface area contributed by atoms with Crippen molar-refractivity contribution in [2.45, 2.75) is 19.1 Å². The van der Waals surface area contributed by atoms with E-state index < -0.39 is 12.0 Å². The van der Waals surface area contributed by atoms with Crippen LogP contribution in [0.2, 0.25) is 0 Å². The number of para-hydroxylation sites is 1. The first-order valence-electron chi connectivity index (χ1n) is 6.40. The molecule has 0 unspecified atom stereocenters. The van der Waals surface area contributed by atoms with Gasteiger partial charge in [0.05, 0.1) is 6.42 Å². The number of nitrogens with two attached hydrogens (primary N) is 1. The zero-order valence-electron chi connectivity index (χ0n) is 11.0. The summed E-state index contributed by atoms with van der Waals surface area (Å²) in [6.45, 7) is 0.428. The second-order valence-electron chi connectivity index (χ2n) is 4.52. The molecule has 1 atom stereocenters. The summed E-state index contributed by atoms with van der Waals surface area (Å²) in [5.41, 5.74) is 7.67. The Morgan fingerprint density at radius 3 is 2.45 bits per heavy atom. The molecular formula is C16H17NO3. The second-order valence-corrected chi connectivity index (χ2v) is 4.52. The summed E-state index contributed by atoms with van der Waals surface area (Å²) in [7, 11) is 0. The smallest absolute Gasteiger partial charge is 0.305 e. The minimum atomic E-state index is -0.921. The molecule has 20 heavy (non-hydrogen) atoms. The van der Waals surface area contributed by atoms with Gasteiger partial charge in [-0.2, -0.15) is 0 Å². The van der Waals surface area contributed by atoms with Gasteiger partial charge in [-0.25, -0.2) is 0 Å². The highest BCUT2D eigenvalue weighted by Crippen LogP contribution is 2.26. The molecule has 0 radical (unpaired) electrons. The predicted molar refractivity (Wildman–Crippen MR) is 76.4 cm³/mol. The average molecular weight is 271 g/mol. The Morgan fingerprint density at radius 1 is 1.10 bits per heavy atom. The summed E-state index contributed by atoms with van der Waals surface area (Å²) in [6.07, 6.45) is -0.119. The molecule has 0 spiro atoms. The maximum absolute atomic E-state index is 10.8. The van der Waals surface area contributed by atoms with Gasteiger partial charge in [-0.1, -0.05) is 48.5 Å². The van der Waals surface area contributed by atoms with E-state index in [1.54, 1.807) is 12.1 Å². The number of hydrogen-bond acceptors (Lipinski definition) is 3.